The van der Waals surface area contributed by atoms with Crippen molar-refractivity contribution in [2.75, 3.05) is 0 Å². The molecule has 0 aliphatic rings. The van der Waals surface area contributed by atoms with Gasteiger partial charge in [0.2, 0.25) is 0 Å². The maximum Gasteiger partial charge on any atom is 0.308 e. The molecule has 0 amide bonds. The van der Waals surface area contributed by atoms with Crippen molar-refractivity contribution in [1.29, 1.82) is 0 Å². The second-order valence-corrected chi connectivity index (χ2v) is 6.34. The molecule has 0 heterocycles. The van der Waals surface area contributed by atoms with E-state index in [2.05, 4.69) is 24.2 Å². The Labute approximate surface area is 175 Å². The summed E-state index contributed by atoms with van der Waals surface area (Å²) >= 11 is 0. The van der Waals surface area contributed by atoms with Crippen LogP contribution >= 0.6 is 0 Å². The minimum absolute atomic E-state index is 0.121. The lowest BCUT2D eigenvalue weighted by atomic mass is 10.0. The molecule has 0 bridgehead atoms. The van der Waals surface area contributed by atoms with E-state index < -0.39 is 24.1 Å². The molecule has 0 spiro atoms. The highest BCUT2D eigenvalue weighted by molar-refractivity contribution is 5.69. The first-order valence-corrected chi connectivity index (χ1v) is 9.12. The van der Waals surface area contributed by atoms with Crippen molar-refractivity contribution in [3.8, 4) is 23.3 Å². The number of carbonyl (C=O) groups is 2. The van der Waals surface area contributed by atoms with E-state index >= 15 is 0 Å². The highest BCUT2D eigenvalue weighted by Crippen LogP contribution is 2.24. The van der Waals surface area contributed by atoms with Gasteiger partial charge in [0.25, 0.3) is 0 Å². The van der Waals surface area contributed by atoms with E-state index in [4.69, 9.17) is 9.47 Å². The Kier molecular flexibility index (Phi) is 8.16. The van der Waals surface area contributed by atoms with Crippen LogP contribution in [0.1, 0.15) is 43.6 Å². The van der Waals surface area contributed by atoms with Crippen LogP contribution in [-0.2, 0) is 9.59 Å². The van der Waals surface area contributed by atoms with E-state index in [1.165, 1.54) is 13.8 Å². The summed E-state index contributed by atoms with van der Waals surface area (Å²) in [7, 11) is 0. The van der Waals surface area contributed by atoms with E-state index in [1.807, 2.05) is 0 Å². The largest absolute Gasteiger partial charge is 0.427 e. The zero-order valence-electron chi connectivity index (χ0n) is 16.7. The first kappa shape index (κ1) is 22.7. The molecule has 2 unspecified atom stereocenters. The molecule has 0 aromatic heterocycles. The zero-order valence-corrected chi connectivity index (χ0v) is 16.7. The number of rotatable bonds is 6. The summed E-state index contributed by atoms with van der Waals surface area (Å²) in [6.07, 6.45) is -1.78. The van der Waals surface area contributed by atoms with Crippen LogP contribution in [0, 0.1) is 11.8 Å². The highest BCUT2D eigenvalue weighted by Gasteiger charge is 2.12. The lowest BCUT2D eigenvalue weighted by Gasteiger charge is -2.10. The molecule has 6 heteroatoms. The number of hydrogen-bond donors (Lipinski definition) is 2. The Morgan fingerprint density at radius 2 is 1.37 bits per heavy atom. The SMILES string of the molecule is C=C=C(C#CCC(O)c1ccc(OC(C)=O)cc1)C(O)c1ccc(OC(C)=O)cc1. The minimum Gasteiger partial charge on any atom is -0.427 e. The van der Waals surface area contributed by atoms with Gasteiger partial charge >= 0.3 is 11.9 Å². The summed E-state index contributed by atoms with van der Waals surface area (Å²) in [5.41, 5.74) is 4.02. The van der Waals surface area contributed by atoms with Crippen molar-refractivity contribution in [3.05, 3.63) is 77.5 Å². The Bertz CT molecular complexity index is 1000. The third-order valence-electron chi connectivity index (χ3n) is 3.97. The number of esters is 2. The van der Waals surface area contributed by atoms with Gasteiger partial charge in [0.1, 0.15) is 17.6 Å². The number of carbonyl (C=O) groups excluding carboxylic acids is 2. The maximum atomic E-state index is 11.0. The van der Waals surface area contributed by atoms with Crippen LogP contribution in [0.4, 0.5) is 0 Å². The number of ether oxygens (including phenoxy) is 2. The van der Waals surface area contributed by atoms with Crippen molar-refractivity contribution in [1.82, 2.24) is 0 Å². The molecule has 2 N–H and O–H groups in total. The van der Waals surface area contributed by atoms with Crippen molar-refractivity contribution in [3.63, 3.8) is 0 Å². The molecule has 6 nitrogen and oxygen atoms in total. The molecule has 2 aromatic rings. The van der Waals surface area contributed by atoms with Gasteiger partial charge in [-0.15, -0.1) is 5.73 Å². The van der Waals surface area contributed by atoms with Gasteiger partial charge in [-0.1, -0.05) is 42.7 Å². The molecule has 0 aliphatic heterocycles. The summed E-state index contributed by atoms with van der Waals surface area (Å²) in [5.74, 6) is 5.51. The molecule has 0 saturated carbocycles. The molecule has 30 heavy (non-hydrogen) atoms. The summed E-state index contributed by atoms with van der Waals surface area (Å²) in [6, 6.07) is 12.8. The quantitative estimate of drug-likeness (QED) is 0.331. The molecule has 2 rings (SSSR count). The van der Waals surface area contributed by atoms with Gasteiger partial charge in [-0.05, 0) is 35.4 Å². The van der Waals surface area contributed by atoms with Crippen LogP contribution in [0.25, 0.3) is 0 Å². The Morgan fingerprint density at radius 3 is 1.80 bits per heavy atom. The third kappa shape index (κ3) is 6.77. The molecule has 0 radical (unpaired) electrons. The van der Waals surface area contributed by atoms with E-state index in [-0.39, 0.29) is 12.0 Å². The fourth-order valence-corrected chi connectivity index (χ4v) is 2.54. The van der Waals surface area contributed by atoms with Gasteiger partial charge in [0.15, 0.2) is 0 Å². The molecule has 0 fully saturated rings. The van der Waals surface area contributed by atoms with Gasteiger partial charge < -0.3 is 19.7 Å². The molecule has 2 atom stereocenters. The second-order valence-electron chi connectivity index (χ2n) is 6.34. The normalized spacial score (nSPS) is 11.9. The number of benzene rings is 2. The summed E-state index contributed by atoms with van der Waals surface area (Å²) in [6.45, 7) is 6.17. The first-order chi connectivity index (χ1) is 14.3. The van der Waals surface area contributed by atoms with E-state index in [1.54, 1.807) is 48.5 Å². The maximum absolute atomic E-state index is 11.0. The van der Waals surface area contributed by atoms with Crippen LogP contribution in [0.3, 0.4) is 0 Å². The second kappa shape index (κ2) is 10.8. The number of aliphatic hydroxyl groups is 2. The average molecular weight is 406 g/mol. The van der Waals surface area contributed by atoms with Crippen LogP contribution in [0.5, 0.6) is 11.5 Å². The molecule has 154 valence electrons. The molecule has 2 aromatic carbocycles. The van der Waals surface area contributed by atoms with Crippen molar-refractivity contribution in [2.45, 2.75) is 32.5 Å². The zero-order chi connectivity index (χ0) is 22.1. The average Bonchev–Trinajstić information content (AvgIpc) is 2.71. The third-order valence-corrected chi connectivity index (χ3v) is 3.97. The van der Waals surface area contributed by atoms with Crippen molar-refractivity contribution >= 4 is 11.9 Å². The Morgan fingerprint density at radius 1 is 0.900 bits per heavy atom. The Hall–Kier alpha value is -3.62. The van der Waals surface area contributed by atoms with Gasteiger partial charge in [0, 0.05) is 20.3 Å². The fraction of sp³-hybridized carbons (Fsp3) is 0.208. The molecular formula is C24H22O6. The smallest absolute Gasteiger partial charge is 0.308 e. The molecular weight excluding hydrogens is 384 g/mol. The van der Waals surface area contributed by atoms with Gasteiger partial charge in [-0.2, -0.15) is 0 Å². The number of aliphatic hydroxyl groups excluding tert-OH is 2. The lowest BCUT2D eigenvalue weighted by molar-refractivity contribution is -0.132. The van der Waals surface area contributed by atoms with Crippen molar-refractivity contribution in [2.24, 2.45) is 0 Å². The lowest BCUT2D eigenvalue weighted by Crippen LogP contribution is -2.03. The molecule has 0 aliphatic carbocycles. The van der Waals surface area contributed by atoms with E-state index in [9.17, 15) is 19.8 Å². The van der Waals surface area contributed by atoms with Gasteiger partial charge in [-0.3, -0.25) is 9.59 Å². The summed E-state index contributed by atoms with van der Waals surface area (Å²) in [4.78, 5) is 21.9. The number of hydrogen-bond acceptors (Lipinski definition) is 6. The van der Waals surface area contributed by atoms with Gasteiger partial charge in [0.05, 0.1) is 11.7 Å². The standard InChI is InChI=1S/C24H22O6/c1-4-18(24(28)20-10-14-22(15-11-20)30-17(3)26)6-5-7-23(27)19-8-12-21(13-9-19)29-16(2)25/h8-15,23-24,27-28H,1,7H2,2-3H3. The fourth-order valence-electron chi connectivity index (χ4n) is 2.54. The summed E-state index contributed by atoms with van der Waals surface area (Å²) < 4.78 is 9.91. The van der Waals surface area contributed by atoms with Gasteiger partial charge in [-0.25, -0.2) is 0 Å². The van der Waals surface area contributed by atoms with Crippen LogP contribution < -0.4 is 9.47 Å². The predicted octanol–water partition coefficient (Wildman–Crippen LogP) is 3.41. The van der Waals surface area contributed by atoms with E-state index in [0.29, 0.717) is 22.6 Å². The monoisotopic (exact) mass is 406 g/mol. The first-order valence-electron chi connectivity index (χ1n) is 9.12. The van der Waals surface area contributed by atoms with Crippen LogP contribution in [0.15, 0.2) is 66.4 Å². The van der Waals surface area contributed by atoms with Crippen LogP contribution in [-0.4, -0.2) is 22.2 Å². The minimum atomic E-state index is -1.05. The van der Waals surface area contributed by atoms with Crippen molar-refractivity contribution < 1.29 is 29.3 Å². The highest BCUT2D eigenvalue weighted by atomic mass is 16.5. The van der Waals surface area contributed by atoms with E-state index in [0.717, 1.165) is 0 Å². The van der Waals surface area contributed by atoms with Crippen LogP contribution in [0.2, 0.25) is 0 Å². The summed E-state index contributed by atoms with van der Waals surface area (Å²) in [5, 5.41) is 20.8. The molecule has 0 saturated heterocycles. The predicted molar refractivity (Wildman–Crippen MR) is 110 cm³/mol. The topological polar surface area (TPSA) is 93.1 Å². The Balaban J connectivity index is 2.01.